The lowest BCUT2D eigenvalue weighted by Crippen LogP contribution is -2.16. The number of nitrogens with two attached hydrogens (primary N) is 1. The lowest BCUT2D eigenvalue weighted by atomic mass is 10.2. The smallest absolute Gasteiger partial charge is 0.225 e. The van der Waals surface area contributed by atoms with Gasteiger partial charge in [-0.3, -0.25) is 4.79 Å². The van der Waals surface area contributed by atoms with Gasteiger partial charge in [0.15, 0.2) is 0 Å². The molecular formula is C10H14N2O2. The van der Waals surface area contributed by atoms with Crippen LogP contribution in [0.25, 0.3) is 0 Å². The highest BCUT2D eigenvalue weighted by Gasteiger charge is 2.03. The largest absolute Gasteiger partial charge is 0.508 e. The van der Waals surface area contributed by atoms with Crippen LogP contribution in [0.15, 0.2) is 18.2 Å². The van der Waals surface area contributed by atoms with Crippen LogP contribution >= 0.6 is 0 Å². The molecule has 4 nitrogen and oxygen atoms in total. The Kier molecular flexibility index (Phi) is 3.48. The summed E-state index contributed by atoms with van der Waals surface area (Å²) >= 11 is 0. The first kappa shape index (κ1) is 10.5. The summed E-state index contributed by atoms with van der Waals surface area (Å²) in [6.07, 6.45) is 0.306. The Labute approximate surface area is 82.7 Å². The Morgan fingerprint density at radius 3 is 2.86 bits per heavy atom. The number of aryl methyl sites for hydroxylation is 1. The zero-order chi connectivity index (χ0) is 10.6. The molecule has 0 spiro atoms. The van der Waals surface area contributed by atoms with Crippen LogP contribution in [0, 0.1) is 6.92 Å². The molecule has 0 unspecified atom stereocenters. The summed E-state index contributed by atoms with van der Waals surface area (Å²) in [5, 5.41) is 11.9. The number of hydrogen-bond acceptors (Lipinski definition) is 3. The van der Waals surface area contributed by atoms with Gasteiger partial charge in [0.2, 0.25) is 5.91 Å². The molecule has 1 amide bonds. The first-order valence-corrected chi connectivity index (χ1v) is 4.43. The van der Waals surface area contributed by atoms with Crippen LogP contribution in [0.5, 0.6) is 5.75 Å². The van der Waals surface area contributed by atoms with Crippen LogP contribution in [-0.4, -0.2) is 17.6 Å². The first-order valence-electron chi connectivity index (χ1n) is 4.43. The molecule has 1 aromatic carbocycles. The number of phenolic OH excluding ortho intramolecular Hbond substituents is 1. The van der Waals surface area contributed by atoms with Crippen LogP contribution in [0.3, 0.4) is 0 Å². The number of nitrogens with one attached hydrogen (secondary N) is 1. The molecule has 0 bridgehead atoms. The molecule has 0 aliphatic carbocycles. The van der Waals surface area contributed by atoms with E-state index in [1.54, 1.807) is 12.1 Å². The molecule has 0 saturated carbocycles. The SMILES string of the molecule is Cc1cc(O)ccc1NC(=O)CCN. The Balaban J connectivity index is 2.72. The van der Waals surface area contributed by atoms with Crippen LogP contribution < -0.4 is 11.1 Å². The fourth-order valence-corrected chi connectivity index (χ4v) is 1.13. The maximum absolute atomic E-state index is 11.2. The molecule has 76 valence electrons. The van der Waals surface area contributed by atoms with Crippen molar-refractivity contribution < 1.29 is 9.90 Å². The van der Waals surface area contributed by atoms with Crippen molar-refractivity contribution in [1.29, 1.82) is 0 Å². The maximum atomic E-state index is 11.2. The average molecular weight is 194 g/mol. The fourth-order valence-electron chi connectivity index (χ4n) is 1.13. The van der Waals surface area contributed by atoms with Gasteiger partial charge >= 0.3 is 0 Å². The molecule has 0 aliphatic rings. The second-order valence-electron chi connectivity index (χ2n) is 3.09. The summed E-state index contributed by atoms with van der Waals surface area (Å²) in [6.45, 7) is 2.15. The highest BCUT2D eigenvalue weighted by Crippen LogP contribution is 2.19. The topological polar surface area (TPSA) is 75.3 Å². The Hall–Kier alpha value is -1.55. The highest BCUT2D eigenvalue weighted by molar-refractivity contribution is 5.91. The minimum Gasteiger partial charge on any atom is -0.508 e. The van der Waals surface area contributed by atoms with Gasteiger partial charge in [-0.05, 0) is 30.7 Å². The Morgan fingerprint density at radius 2 is 2.29 bits per heavy atom. The second-order valence-corrected chi connectivity index (χ2v) is 3.09. The normalized spacial score (nSPS) is 9.86. The van der Waals surface area contributed by atoms with E-state index in [1.807, 2.05) is 6.92 Å². The van der Waals surface area contributed by atoms with E-state index in [0.717, 1.165) is 5.56 Å². The van der Waals surface area contributed by atoms with Crippen LogP contribution in [0.1, 0.15) is 12.0 Å². The fraction of sp³-hybridized carbons (Fsp3) is 0.300. The van der Waals surface area contributed by atoms with Crippen molar-refractivity contribution in [2.24, 2.45) is 5.73 Å². The number of carbonyl (C=O) groups is 1. The lowest BCUT2D eigenvalue weighted by molar-refractivity contribution is -0.116. The van der Waals surface area contributed by atoms with Gasteiger partial charge in [-0.2, -0.15) is 0 Å². The molecule has 0 heterocycles. The molecule has 1 aromatic rings. The van der Waals surface area contributed by atoms with Gasteiger partial charge in [0.1, 0.15) is 5.75 Å². The molecule has 0 atom stereocenters. The molecule has 4 heteroatoms. The van der Waals surface area contributed by atoms with E-state index in [9.17, 15) is 4.79 Å². The minimum atomic E-state index is -0.110. The zero-order valence-corrected chi connectivity index (χ0v) is 8.08. The van der Waals surface area contributed by atoms with E-state index in [-0.39, 0.29) is 11.7 Å². The maximum Gasteiger partial charge on any atom is 0.225 e. The Bertz CT molecular complexity index is 337. The monoisotopic (exact) mass is 194 g/mol. The number of anilines is 1. The minimum absolute atomic E-state index is 0.110. The molecule has 0 fully saturated rings. The Morgan fingerprint density at radius 1 is 1.57 bits per heavy atom. The molecular weight excluding hydrogens is 180 g/mol. The quantitative estimate of drug-likeness (QED) is 0.628. The van der Waals surface area contributed by atoms with Crippen molar-refractivity contribution in [2.75, 3.05) is 11.9 Å². The zero-order valence-electron chi connectivity index (χ0n) is 8.08. The van der Waals surface area contributed by atoms with E-state index >= 15 is 0 Å². The standard InChI is InChI=1S/C10H14N2O2/c1-7-6-8(13)2-3-9(7)12-10(14)4-5-11/h2-3,6,13H,4-5,11H2,1H3,(H,12,14). The predicted octanol–water partition coefficient (Wildman–Crippen LogP) is 0.988. The summed E-state index contributed by atoms with van der Waals surface area (Å²) in [5.41, 5.74) is 6.78. The number of benzene rings is 1. The van der Waals surface area contributed by atoms with Gasteiger partial charge in [0.05, 0.1) is 0 Å². The molecule has 0 saturated heterocycles. The number of carbonyl (C=O) groups excluding carboxylic acids is 1. The molecule has 0 radical (unpaired) electrons. The van der Waals surface area contributed by atoms with Crippen molar-refractivity contribution in [1.82, 2.24) is 0 Å². The number of hydrogen-bond donors (Lipinski definition) is 3. The molecule has 0 aromatic heterocycles. The first-order chi connectivity index (χ1) is 6.63. The summed E-state index contributed by atoms with van der Waals surface area (Å²) < 4.78 is 0. The van der Waals surface area contributed by atoms with Crippen molar-refractivity contribution in [3.63, 3.8) is 0 Å². The highest BCUT2D eigenvalue weighted by atomic mass is 16.3. The van der Waals surface area contributed by atoms with Crippen molar-refractivity contribution >= 4 is 11.6 Å². The van der Waals surface area contributed by atoms with E-state index in [0.29, 0.717) is 18.7 Å². The van der Waals surface area contributed by atoms with Gasteiger partial charge in [-0.15, -0.1) is 0 Å². The summed E-state index contributed by atoms with van der Waals surface area (Å²) in [5.74, 6) is 0.0839. The van der Waals surface area contributed by atoms with Gasteiger partial charge in [0.25, 0.3) is 0 Å². The van der Waals surface area contributed by atoms with Gasteiger partial charge in [-0.25, -0.2) is 0 Å². The number of phenols is 1. The van der Waals surface area contributed by atoms with Crippen molar-refractivity contribution in [2.45, 2.75) is 13.3 Å². The van der Waals surface area contributed by atoms with Gasteiger partial charge in [-0.1, -0.05) is 0 Å². The number of amides is 1. The van der Waals surface area contributed by atoms with Crippen molar-refractivity contribution in [3.05, 3.63) is 23.8 Å². The average Bonchev–Trinajstić information content (AvgIpc) is 2.10. The molecule has 4 N–H and O–H groups in total. The van der Waals surface area contributed by atoms with Crippen LogP contribution in [0.4, 0.5) is 5.69 Å². The summed E-state index contributed by atoms with van der Waals surface area (Å²) in [6, 6.07) is 4.79. The van der Waals surface area contributed by atoms with Crippen LogP contribution in [0.2, 0.25) is 0 Å². The van der Waals surface area contributed by atoms with E-state index in [4.69, 9.17) is 10.8 Å². The third kappa shape index (κ3) is 2.74. The summed E-state index contributed by atoms with van der Waals surface area (Å²) in [4.78, 5) is 11.2. The van der Waals surface area contributed by atoms with Crippen molar-refractivity contribution in [3.8, 4) is 5.75 Å². The summed E-state index contributed by atoms with van der Waals surface area (Å²) in [7, 11) is 0. The number of aromatic hydroxyl groups is 1. The molecule has 14 heavy (non-hydrogen) atoms. The predicted molar refractivity (Wildman–Crippen MR) is 55.1 cm³/mol. The third-order valence-corrected chi connectivity index (χ3v) is 1.86. The lowest BCUT2D eigenvalue weighted by Gasteiger charge is -2.07. The number of rotatable bonds is 3. The molecule has 0 aliphatic heterocycles. The second kappa shape index (κ2) is 4.62. The third-order valence-electron chi connectivity index (χ3n) is 1.86. The molecule has 1 rings (SSSR count). The van der Waals surface area contributed by atoms with E-state index in [2.05, 4.69) is 5.32 Å². The van der Waals surface area contributed by atoms with E-state index in [1.165, 1.54) is 6.07 Å². The van der Waals surface area contributed by atoms with Gasteiger partial charge < -0.3 is 16.2 Å². The van der Waals surface area contributed by atoms with Crippen LogP contribution in [-0.2, 0) is 4.79 Å². The van der Waals surface area contributed by atoms with Gasteiger partial charge in [0, 0.05) is 18.7 Å². The van der Waals surface area contributed by atoms with E-state index < -0.39 is 0 Å².